The summed E-state index contributed by atoms with van der Waals surface area (Å²) < 4.78 is 0. The highest BCUT2D eigenvalue weighted by Crippen LogP contribution is 1.84. The summed E-state index contributed by atoms with van der Waals surface area (Å²) in [5.74, 6) is 0. The van der Waals surface area contributed by atoms with Gasteiger partial charge in [-0.3, -0.25) is 0 Å². The Hall–Kier alpha value is -0.410. The Morgan fingerprint density at radius 1 is 1.75 bits per heavy atom. The molecule has 0 aliphatic rings. The van der Waals surface area contributed by atoms with Gasteiger partial charge in [-0.05, 0) is 14.0 Å². The lowest BCUT2D eigenvalue weighted by Crippen LogP contribution is -2.36. The van der Waals surface area contributed by atoms with E-state index in [-0.39, 0.29) is 0 Å². The highest BCUT2D eigenvalue weighted by Gasteiger charge is 2.08. The van der Waals surface area contributed by atoms with Crippen LogP contribution in [0.15, 0.2) is 0 Å². The van der Waals surface area contributed by atoms with Crippen molar-refractivity contribution in [2.75, 3.05) is 7.05 Å². The van der Waals surface area contributed by atoms with Crippen LogP contribution < -0.4 is 5.32 Å². The molecule has 0 amide bonds. The zero-order valence-corrected chi connectivity index (χ0v) is 5.09. The van der Waals surface area contributed by atoms with Gasteiger partial charge in [0.05, 0.1) is 12.1 Å². The Labute approximate surface area is 48.7 Å². The highest BCUT2D eigenvalue weighted by molar-refractivity contribution is 5.58. The lowest BCUT2D eigenvalue weighted by molar-refractivity contribution is -0.111. The van der Waals surface area contributed by atoms with Crippen molar-refractivity contribution in [1.82, 2.24) is 5.32 Å². The third-order valence-electron chi connectivity index (χ3n) is 1.000. The van der Waals surface area contributed by atoms with E-state index in [0.29, 0.717) is 6.29 Å². The van der Waals surface area contributed by atoms with E-state index in [1.165, 1.54) is 0 Å². The summed E-state index contributed by atoms with van der Waals surface area (Å²) in [6.45, 7) is 1.57. The van der Waals surface area contributed by atoms with Gasteiger partial charge < -0.3 is 15.2 Å². The largest absolute Gasteiger partial charge is 0.391 e. The van der Waals surface area contributed by atoms with Crippen molar-refractivity contribution in [3.05, 3.63) is 0 Å². The number of carbonyl (C=O) groups excluding carboxylic acids is 1. The second-order valence-electron chi connectivity index (χ2n) is 1.69. The maximum absolute atomic E-state index is 9.96. The summed E-state index contributed by atoms with van der Waals surface area (Å²) in [7, 11) is 1.63. The fraction of sp³-hybridized carbons (Fsp3) is 0.800. The number of aliphatic hydroxyl groups is 1. The average Bonchev–Trinajstić information content (AvgIpc) is 1.69. The minimum absolute atomic E-state index is 0.421. The molecule has 0 heterocycles. The number of hydrogen-bond acceptors (Lipinski definition) is 3. The molecule has 3 heteroatoms. The minimum Gasteiger partial charge on any atom is -0.391 e. The maximum Gasteiger partial charge on any atom is 0.139 e. The van der Waals surface area contributed by atoms with E-state index in [4.69, 9.17) is 5.11 Å². The molecule has 0 aromatic carbocycles. The van der Waals surface area contributed by atoms with E-state index in [1.54, 1.807) is 14.0 Å². The van der Waals surface area contributed by atoms with E-state index < -0.39 is 12.1 Å². The van der Waals surface area contributed by atoms with Crippen LogP contribution in [-0.2, 0) is 4.79 Å². The summed E-state index contributed by atoms with van der Waals surface area (Å²) in [6.07, 6.45) is 0.0856. The Kier molecular flexibility index (Phi) is 3.39. The molecule has 0 fully saturated rings. The third-order valence-corrected chi connectivity index (χ3v) is 1.000. The van der Waals surface area contributed by atoms with Crippen molar-refractivity contribution in [3.8, 4) is 0 Å². The van der Waals surface area contributed by atoms with Crippen LogP contribution in [0.5, 0.6) is 0 Å². The van der Waals surface area contributed by atoms with Crippen LogP contribution in [0.25, 0.3) is 0 Å². The molecule has 3 nitrogen and oxygen atoms in total. The standard InChI is InChI=1S/C5H11NO2/c1-4(8)5(3-7)6-2/h3-6,8H,1-2H3. The van der Waals surface area contributed by atoms with Gasteiger partial charge in [-0.2, -0.15) is 0 Å². The summed E-state index contributed by atoms with van der Waals surface area (Å²) in [5, 5.41) is 11.4. The van der Waals surface area contributed by atoms with E-state index in [9.17, 15) is 4.79 Å². The Morgan fingerprint density at radius 2 is 2.25 bits per heavy atom. The van der Waals surface area contributed by atoms with Gasteiger partial charge in [0.15, 0.2) is 0 Å². The third kappa shape index (κ3) is 2.04. The first-order chi connectivity index (χ1) is 3.72. The molecule has 2 N–H and O–H groups in total. The van der Waals surface area contributed by atoms with E-state index in [0.717, 1.165) is 0 Å². The Bertz CT molecular complexity index is 72.8. The monoisotopic (exact) mass is 117 g/mol. The van der Waals surface area contributed by atoms with Crippen LogP contribution in [0.2, 0.25) is 0 Å². The van der Waals surface area contributed by atoms with Gasteiger partial charge in [0.25, 0.3) is 0 Å². The summed E-state index contributed by atoms with van der Waals surface area (Å²) in [4.78, 5) is 9.96. The van der Waals surface area contributed by atoms with Crippen LogP contribution in [0.1, 0.15) is 6.92 Å². The predicted octanol–water partition coefficient (Wildman–Crippen LogP) is -0.846. The van der Waals surface area contributed by atoms with Gasteiger partial charge in [0, 0.05) is 0 Å². The van der Waals surface area contributed by atoms with Gasteiger partial charge in [-0.15, -0.1) is 0 Å². The summed E-state index contributed by atoms with van der Waals surface area (Å²) in [6, 6.07) is -0.421. The smallest absolute Gasteiger partial charge is 0.139 e. The quantitative estimate of drug-likeness (QED) is 0.473. The normalized spacial score (nSPS) is 17.4. The van der Waals surface area contributed by atoms with Crippen molar-refractivity contribution in [2.45, 2.75) is 19.1 Å². The van der Waals surface area contributed by atoms with Crippen LogP contribution in [0.3, 0.4) is 0 Å². The number of carbonyl (C=O) groups is 1. The second kappa shape index (κ2) is 3.57. The maximum atomic E-state index is 9.96. The van der Waals surface area contributed by atoms with Crippen molar-refractivity contribution in [1.29, 1.82) is 0 Å². The number of nitrogens with one attached hydrogen (secondary N) is 1. The molecular formula is C5H11NO2. The molecule has 2 atom stereocenters. The SMILES string of the molecule is CNC(C=O)C(C)O. The molecule has 8 heavy (non-hydrogen) atoms. The summed E-state index contributed by atoms with van der Waals surface area (Å²) >= 11 is 0. The average molecular weight is 117 g/mol. The zero-order valence-electron chi connectivity index (χ0n) is 5.09. The molecule has 0 aromatic rings. The number of aliphatic hydroxyl groups excluding tert-OH is 1. The first-order valence-electron chi connectivity index (χ1n) is 2.53. The van der Waals surface area contributed by atoms with Crippen LogP contribution in [0, 0.1) is 0 Å². The van der Waals surface area contributed by atoms with Crippen molar-refractivity contribution in [3.63, 3.8) is 0 Å². The lowest BCUT2D eigenvalue weighted by Gasteiger charge is -2.10. The fourth-order valence-electron chi connectivity index (χ4n) is 0.423. The van der Waals surface area contributed by atoms with Crippen molar-refractivity contribution >= 4 is 6.29 Å². The second-order valence-corrected chi connectivity index (χ2v) is 1.69. The van der Waals surface area contributed by atoms with Crippen LogP contribution >= 0.6 is 0 Å². The molecule has 0 saturated carbocycles. The van der Waals surface area contributed by atoms with Gasteiger partial charge in [-0.25, -0.2) is 0 Å². The molecule has 0 aromatic heterocycles. The molecule has 0 saturated heterocycles. The fourth-order valence-corrected chi connectivity index (χ4v) is 0.423. The zero-order chi connectivity index (χ0) is 6.57. The summed E-state index contributed by atoms with van der Waals surface area (Å²) in [5.41, 5.74) is 0. The van der Waals surface area contributed by atoms with Gasteiger partial charge in [-0.1, -0.05) is 0 Å². The van der Waals surface area contributed by atoms with Crippen molar-refractivity contribution in [2.24, 2.45) is 0 Å². The number of rotatable bonds is 3. The molecule has 48 valence electrons. The molecule has 0 rings (SSSR count). The number of aldehydes is 1. The minimum atomic E-state index is -0.600. The number of hydrogen-bond donors (Lipinski definition) is 2. The Morgan fingerprint density at radius 3 is 2.25 bits per heavy atom. The van der Waals surface area contributed by atoms with E-state index >= 15 is 0 Å². The van der Waals surface area contributed by atoms with E-state index in [1.807, 2.05) is 0 Å². The molecule has 0 bridgehead atoms. The number of likely N-dealkylation sites (N-methyl/N-ethyl adjacent to an activating group) is 1. The first-order valence-corrected chi connectivity index (χ1v) is 2.53. The predicted molar refractivity (Wildman–Crippen MR) is 30.6 cm³/mol. The lowest BCUT2D eigenvalue weighted by atomic mass is 10.2. The molecule has 0 spiro atoms. The topological polar surface area (TPSA) is 49.3 Å². The Balaban J connectivity index is 3.51. The van der Waals surface area contributed by atoms with Crippen molar-refractivity contribution < 1.29 is 9.90 Å². The van der Waals surface area contributed by atoms with E-state index in [2.05, 4.69) is 5.32 Å². The van der Waals surface area contributed by atoms with Crippen LogP contribution in [-0.4, -0.2) is 30.6 Å². The van der Waals surface area contributed by atoms with Gasteiger partial charge in [0.2, 0.25) is 0 Å². The molecule has 2 unspecified atom stereocenters. The molecule has 0 aliphatic heterocycles. The first kappa shape index (κ1) is 7.59. The molecule has 0 radical (unpaired) electrons. The van der Waals surface area contributed by atoms with Gasteiger partial charge in [0.1, 0.15) is 6.29 Å². The molecular weight excluding hydrogens is 106 g/mol. The van der Waals surface area contributed by atoms with Crippen LogP contribution in [0.4, 0.5) is 0 Å². The molecule has 0 aliphatic carbocycles. The highest BCUT2D eigenvalue weighted by atomic mass is 16.3. The van der Waals surface area contributed by atoms with Gasteiger partial charge >= 0.3 is 0 Å².